The van der Waals surface area contributed by atoms with Crippen LogP contribution < -0.4 is 0 Å². The molecule has 10 heavy (non-hydrogen) atoms. The van der Waals surface area contributed by atoms with Crippen molar-refractivity contribution in [3.05, 3.63) is 33.1 Å². The van der Waals surface area contributed by atoms with E-state index in [9.17, 15) is 4.39 Å². The first-order valence-electron chi connectivity index (χ1n) is 3.18. The molecule has 0 aliphatic heterocycles. The maximum atomic E-state index is 12.8. The van der Waals surface area contributed by atoms with Crippen LogP contribution in [0.4, 0.5) is 4.39 Å². The average Bonchev–Trinajstić information content (AvgIpc) is 1.88. The van der Waals surface area contributed by atoms with Crippen molar-refractivity contribution < 1.29 is 4.39 Å². The molecule has 0 aliphatic carbocycles. The Morgan fingerprint density at radius 2 is 2.20 bits per heavy atom. The van der Waals surface area contributed by atoms with Gasteiger partial charge in [0.2, 0.25) is 0 Å². The fourth-order valence-corrected chi connectivity index (χ4v) is 1.26. The van der Waals surface area contributed by atoms with Crippen molar-refractivity contribution in [3.63, 3.8) is 0 Å². The minimum atomic E-state index is -0.0885. The smallest absolute Gasteiger partial charge is 0.127 e. The molecule has 1 aromatic rings. The summed E-state index contributed by atoms with van der Waals surface area (Å²) >= 11 is 2.10. The summed E-state index contributed by atoms with van der Waals surface area (Å²) in [6, 6.07) is 5.30. The van der Waals surface area contributed by atoms with E-state index in [0.717, 1.165) is 15.6 Å². The van der Waals surface area contributed by atoms with Crippen LogP contribution in [-0.4, -0.2) is 0 Å². The summed E-state index contributed by atoms with van der Waals surface area (Å²) in [4.78, 5) is 0. The van der Waals surface area contributed by atoms with Crippen molar-refractivity contribution in [2.24, 2.45) is 0 Å². The molecular formula is C8H8FI. The van der Waals surface area contributed by atoms with Crippen LogP contribution in [0.1, 0.15) is 12.5 Å². The monoisotopic (exact) mass is 250 g/mol. The van der Waals surface area contributed by atoms with Gasteiger partial charge in [0.05, 0.1) is 0 Å². The predicted molar refractivity (Wildman–Crippen MR) is 48.5 cm³/mol. The number of benzene rings is 1. The second-order valence-electron chi connectivity index (χ2n) is 2.09. The van der Waals surface area contributed by atoms with Gasteiger partial charge in [0.15, 0.2) is 0 Å². The molecule has 0 amide bonds. The van der Waals surface area contributed by atoms with Crippen LogP contribution in [0.25, 0.3) is 0 Å². The first kappa shape index (κ1) is 7.98. The van der Waals surface area contributed by atoms with Crippen molar-refractivity contribution in [1.29, 1.82) is 0 Å². The lowest BCUT2D eigenvalue weighted by molar-refractivity contribution is 0.611. The Morgan fingerprint density at radius 3 is 2.70 bits per heavy atom. The normalized spacial score (nSPS) is 9.90. The van der Waals surface area contributed by atoms with Crippen LogP contribution in [0.5, 0.6) is 0 Å². The summed E-state index contributed by atoms with van der Waals surface area (Å²) in [5.41, 5.74) is 0.792. The van der Waals surface area contributed by atoms with Gasteiger partial charge in [-0.05, 0) is 46.7 Å². The average molecular weight is 250 g/mol. The van der Waals surface area contributed by atoms with Crippen LogP contribution in [0.2, 0.25) is 0 Å². The lowest BCUT2D eigenvalue weighted by atomic mass is 10.2. The van der Waals surface area contributed by atoms with Gasteiger partial charge < -0.3 is 0 Å². The molecule has 0 fully saturated rings. The molecule has 0 saturated carbocycles. The molecule has 1 rings (SSSR count). The van der Waals surface area contributed by atoms with Gasteiger partial charge in [-0.25, -0.2) is 4.39 Å². The molecule has 0 bridgehead atoms. The van der Waals surface area contributed by atoms with Crippen molar-refractivity contribution in [2.45, 2.75) is 13.3 Å². The molecule has 0 N–H and O–H groups in total. The maximum Gasteiger partial charge on any atom is 0.127 e. The summed E-state index contributed by atoms with van der Waals surface area (Å²) in [6.45, 7) is 1.95. The van der Waals surface area contributed by atoms with E-state index in [0.29, 0.717) is 0 Å². The Kier molecular flexibility index (Phi) is 2.65. The van der Waals surface area contributed by atoms with Gasteiger partial charge in [-0.1, -0.05) is 13.0 Å². The largest absolute Gasteiger partial charge is 0.207 e. The van der Waals surface area contributed by atoms with Gasteiger partial charge in [-0.2, -0.15) is 0 Å². The Morgan fingerprint density at radius 1 is 1.50 bits per heavy atom. The third kappa shape index (κ3) is 1.68. The van der Waals surface area contributed by atoms with Gasteiger partial charge in [0.25, 0.3) is 0 Å². The van der Waals surface area contributed by atoms with Crippen molar-refractivity contribution in [1.82, 2.24) is 0 Å². The van der Waals surface area contributed by atoms with E-state index in [4.69, 9.17) is 0 Å². The van der Waals surface area contributed by atoms with Crippen LogP contribution in [0.3, 0.4) is 0 Å². The SMILES string of the molecule is CCc1ccc(I)cc1F. The van der Waals surface area contributed by atoms with Crippen molar-refractivity contribution in [3.8, 4) is 0 Å². The minimum Gasteiger partial charge on any atom is -0.207 e. The number of hydrogen-bond donors (Lipinski definition) is 0. The molecule has 0 atom stereocenters. The molecule has 0 aromatic heterocycles. The lowest BCUT2D eigenvalue weighted by Crippen LogP contribution is -1.86. The van der Waals surface area contributed by atoms with E-state index in [1.165, 1.54) is 0 Å². The predicted octanol–water partition coefficient (Wildman–Crippen LogP) is 2.99. The van der Waals surface area contributed by atoms with Gasteiger partial charge in [-0.15, -0.1) is 0 Å². The highest BCUT2D eigenvalue weighted by Crippen LogP contribution is 2.12. The highest BCUT2D eigenvalue weighted by atomic mass is 127. The van der Waals surface area contributed by atoms with Gasteiger partial charge in [0, 0.05) is 3.57 Å². The summed E-state index contributed by atoms with van der Waals surface area (Å²) < 4.78 is 13.8. The van der Waals surface area contributed by atoms with E-state index in [1.807, 2.05) is 19.1 Å². The van der Waals surface area contributed by atoms with Gasteiger partial charge >= 0.3 is 0 Å². The zero-order valence-corrected chi connectivity index (χ0v) is 7.85. The molecule has 2 heteroatoms. The standard InChI is InChI=1S/C8H8FI/c1-2-6-3-4-7(10)5-8(6)9/h3-5H,2H2,1H3. The Bertz CT molecular complexity index is 233. The topological polar surface area (TPSA) is 0 Å². The first-order chi connectivity index (χ1) is 4.74. The van der Waals surface area contributed by atoms with E-state index in [1.54, 1.807) is 6.07 Å². The fourth-order valence-electron chi connectivity index (χ4n) is 0.808. The van der Waals surface area contributed by atoms with E-state index < -0.39 is 0 Å². The quantitative estimate of drug-likeness (QED) is 0.672. The second-order valence-corrected chi connectivity index (χ2v) is 3.33. The van der Waals surface area contributed by atoms with E-state index >= 15 is 0 Å². The summed E-state index contributed by atoms with van der Waals surface area (Å²) in [5, 5.41) is 0. The Hall–Kier alpha value is -0.120. The number of hydrogen-bond acceptors (Lipinski definition) is 0. The number of rotatable bonds is 1. The molecule has 0 unspecified atom stereocenters. The molecule has 0 heterocycles. The van der Waals surface area contributed by atoms with Crippen LogP contribution in [-0.2, 0) is 6.42 Å². The molecule has 0 saturated heterocycles. The lowest BCUT2D eigenvalue weighted by Gasteiger charge is -1.97. The molecule has 54 valence electrons. The highest BCUT2D eigenvalue weighted by Gasteiger charge is 1.98. The third-order valence-electron chi connectivity index (χ3n) is 1.40. The first-order valence-corrected chi connectivity index (χ1v) is 4.26. The summed E-state index contributed by atoms with van der Waals surface area (Å²) in [7, 11) is 0. The van der Waals surface area contributed by atoms with Crippen molar-refractivity contribution >= 4 is 22.6 Å². The number of aryl methyl sites for hydroxylation is 1. The molecular weight excluding hydrogens is 242 g/mol. The molecule has 0 nitrogen and oxygen atoms in total. The van der Waals surface area contributed by atoms with E-state index in [2.05, 4.69) is 22.6 Å². The van der Waals surface area contributed by atoms with Gasteiger partial charge in [0.1, 0.15) is 5.82 Å². The highest BCUT2D eigenvalue weighted by molar-refractivity contribution is 14.1. The van der Waals surface area contributed by atoms with Gasteiger partial charge in [-0.3, -0.25) is 0 Å². The maximum absolute atomic E-state index is 12.8. The molecule has 0 radical (unpaired) electrons. The summed E-state index contributed by atoms with van der Waals surface area (Å²) in [5.74, 6) is -0.0885. The van der Waals surface area contributed by atoms with Crippen LogP contribution in [0.15, 0.2) is 18.2 Å². The van der Waals surface area contributed by atoms with E-state index in [-0.39, 0.29) is 5.82 Å². The Labute approximate surface area is 73.6 Å². The third-order valence-corrected chi connectivity index (χ3v) is 2.07. The second kappa shape index (κ2) is 3.32. The zero-order chi connectivity index (χ0) is 7.56. The molecule has 1 aromatic carbocycles. The Balaban J connectivity index is 3.07. The molecule has 0 aliphatic rings. The van der Waals surface area contributed by atoms with Crippen LogP contribution >= 0.6 is 22.6 Å². The summed E-state index contributed by atoms with van der Waals surface area (Å²) in [6.07, 6.45) is 0.767. The minimum absolute atomic E-state index is 0.0885. The molecule has 0 spiro atoms. The fraction of sp³-hybridized carbons (Fsp3) is 0.250. The van der Waals surface area contributed by atoms with Crippen molar-refractivity contribution in [2.75, 3.05) is 0 Å². The van der Waals surface area contributed by atoms with Crippen LogP contribution in [0, 0.1) is 9.39 Å². The zero-order valence-electron chi connectivity index (χ0n) is 5.70. The number of halogens is 2.